The fourth-order valence-corrected chi connectivity index (χ4v) is 2.79. The Kier molecular flexibility index (Phi) is 6.90. The topological polar surface area (TPSA) is 48.0 Å². The van der Waals surface area contributed by atoms with Crippen molar-refractivity contribution in [3.63, 3.8) is 0 Å². The van der Waals surface area contributed by atoms with Crippen LogP contribution in [0.15, 0.2) is 42.5 Å². The highest BCUT2D eigenvalue weighted by molar-refractivity contribution is 5.95. The van der Waals surface area contributed by atoms with Crippen LogP contribution in [0.5, 0.6) is 11.5 Å². The van der Waals surface area contributed by atoms with Gasteiger partial charge in [0.1, 0.15) is 11.5 Å². The summed E-state index contributed by atoms with van der Waals surface area (Å²) in [7, 11) is 5.86. The lowest BCUT2D eigenvalue weighted by Gasteiger charge is -2.29. The van der Waals surface area contributed by atoms with Crippen LogP contribution < -0.4 is 9.47 Å². The van der Waals surface area contributed by atoms with Crippen LogP contribution in [0.3, 0.4) is 0 Å². The van der Waals surface area contributed by atoms with Gasteiger partial charge in [-0.1, -0.05) is 12.1 Å². The minimum Gasteiger partial charge on any atom is -0.497 e. The van der Waals surface area contributed by atoms with Crippen LogP contribution in [0, 0.1) is 0 Å². The summed E-state index contributed by atoms with van der Waals surface area (Å²) in [6.07, 6.45) is -4.48. The van der Waals surface area contributed by atoms with E-state index in [0.29, 0.717) is 17.1 Å². The maximum atomic E-state index is 13.1. The Hall–Kier alpha value is -2.74. The number of benzene rings is 2. The van der Waals surface area contributed by atoms with E-state index in [9.17, 15) is 18.0 Å². The monoisotopic (exact) mass is 397 g/mol. The van der Waals surface area contributed by atoms with E-state index in [1.165, 1.54) is 57.5 Å². The minimum absolute atomic E-state index is 0.0324. The molecule has 2 aromatic rings. The van der Waals surface area contributed by atoms with Crippen LogP contribution in [-0.2, 0) is 10.9 Å². The van der Waals surface area contributed by atoms with Crippen molar-refractivity contribution in [3.05, 3.63) is 59.2 Å². The molecule has 0 aliphatic carbocycles. The van der Waals surface area contributed by atoms with E-state index in [-0.39, 0.29) is 12.2 Å². The number of alkyl halides is 3. The van der Waals surface area contributed by atoms with E-state index >= 15 is 0 Å². The van der Waals surface area contributed by atoms with Crippen LogP contribution >= 0.6 is 0 Å². The quantitative estimate of drug-likeness (QED) is 0.703. The summed E-state index contributed by atoms with van der Waals surface area (Å²) in [6, 6.07) is 8.85. The molecular formula is C20H22F3NO4. The van der Waals surface area contributed by atoms with Gasteiger partial charge in [0.15, 0.2) is 0 Å². The molecule has 0 spiro atoms. The molecule has 0 aliphatic rings. The van der Waals surface area contributed by atoms with Crippen molar-refractivity contribution in [3.8, 4) is 11.5 Å². The zero-order valence-electron chi connectivity index (χ0n) is 16.0. The molecule has 0 aromatic heterocycles. The first kappa shape index (κ1) is 21.6. The van der Waals surface area contributed by atoms with Gasteiger partial charge in [0.25, 0.3) is 5.91 Å². The lowest BCUT2D eigenvalue weighted by Crippen LogP contribution is -2.34. The molecule has 28 heavy (non-hydrogen) atoms. The molecule has 0 saturated heterocycles. The van der Waals surface area contributed by atoms with E-state index in [1.807, 2.05) is 0 Å². The van der Waals surface area contributed by atoms with Gasteiger partial charge in [-0.25, -0.2) is 0 Å². The zero-order valence-corrected chi connectivity index (χ0v) is 16.0. The lowest BCUT2D eigenvalue weighted by atomic mass is 10.0. The fraction of sp³-hybridized carbons (Fsp3) is 0.350. The van der Waals surface area contributed by atoms with Gasteiger partial charge in [0.05, 0.1) is 32.4 Å². The SMILES string of the molecule is COCC(c1cccc(C(F)(F)F)c1)N(C)C(=O)c1cc(OC)cc(OC)c1. The molecule has 0 aliphatic heterocycles. The highest BCUT2D eigenvalue weighted by Gasteiger charge is 2.32. The summed E-state index contributed by atoms with van der Waals surface area (Å²) >= 11 is 0. The molecule has 152 valence electrons. The lowest BCUT2D eigenvalue weighted by molar-refractivity contribution is -0.137. The van der Waals surface area contributed by atoms with Crippen LogP contribution in [-0.4, -0.2) is 45.8 Å². The summed E-state index contributed by atoms with van der Waals surface area (Å²) in [6.45, 7) is 0.0324. The number of carbonyl (C=O) groups excluding carboxylic acids is 1. The maximum absolute atomic E-state index is 13.1. The first-order valence-electron chi connectivity index (χ1n) is 8.37. The molecule has 2 aromatic carbocycles. The number of carbonyl (C=O) groups is 1. The highest BCUT2D eigenvalue weighted by atomic mass is 19.4. The number of methoxy groups -OCH3 is 3. The largest absolute Gasteiger partial charge is 0.497 e. The third-order valence-corrected chi connectivity index (χ3v) is 4.31. The molecule has 0 saturated carbocycles. The van der Waals surface area contributed by atoms with Gasteiger partial charge in [0.2, 0.25) is 0 Å². The highest BCUT2D eigenvalue weighted by Crippen LogP contribution is 2.32. The van der Waals surface area contributed by atoms with Crippen molar-refractivity contribution >= 4 is 5.91 Å². The number of amides is 1. The minimum atomic E-state index is -4.48. The second-order valence-corrected chi connectivity index (χ2v) is 6.11. The summed E-state index contributed by atoms with van der Waals surface area (Å²) in [5, 5.41) is 0. The Balaban J connectivity index is 2.40. The van der Waals surface area contributed by atoms with Gasteiger partial charge >= 0.3 is 6.18 Å². The second-order valence-electron chi connectivity index (χ2n) is 6.11. The predicted octanol–water partition coefficient (Wildman–Crippen LogP) is 4.18. The summed E-state index contributed by atoms with van der Waals surface area (Å²) in [5.41, 5.74) is -0.177. The van der Waals surface area contributed by atoms with Crippen molar-refractivity contribution in [2.45, 2.75) is 12.2 Å². The number of halogens is 3. The van der Waals surface area contributed by atoms with Gasteiger partial charge in [0, 0.05) is 25.8 Å². The normalized spacial score (nSPS) is 12.4. The Labute approximate surface area is 161 Å². The standard InChI is InChI=1S/C20H22F3NO4/c1-24(19(25)14-9-16(27-3)11-17(10-14)28-4)18(12-26-2)13-6-5-7-15(8-13)20(21,22)23/h5-11,18H,12H2,1-4H3. The molecule has 2 rings (SSSR count). The summed E-state index contributed by atoms with van der Waals surface area (Å²) < 4.78 is 54.7. The van der Waals surface area contributed by atoms with Crippen molar-refractivity contribution < 1.29 is 32.2 Å². The number of hydrogen-bond acceptors (Lipinski definition) is 4. The number of nitrogens with zero attached hydrogens (tertiary/aromatic N) is 1. The number of hydrogen-bond donors (Lipinski definition) is 0. The summed E-state index contributed by atoms with van der Waals surface area (Å²) in [4.78, 5) is 14.3. The van der Waals surface area contributed by atoms with E-state index < -0.39 is 23.7 Å². The van der Waals surface area contributed by atoms with Gasteiger partial charge in [-0.15, -0.1) is 0 Å². The Morgan fingerprint density at radius 1 is 1.04 bits per heavy atom. The van der Waals surface area contributed by atoms with Crippen molar-refractivity contribution in [2.75, 3.05) is 35.0 Å². The Morgan fingerprint density at radius 2 is 1.64 bits per heavy atom. The van der Waals surface area contributed by atoms with E-state index in [1.54, 1.807) is 6.07 Å². The van der Waals surface area contributed by atoms with E-state index in [2.05, 4.69) is 0 Å². The van der Waals surface area contributed by atoms with Crippen molar-refractivity contribution in [2.24, 2.45) is 0 Å². The van der Waals surface area contributed by atoms with Crippen LogP contribution in [0.1, 0.15) is 27.5 Å². The first-order chi connectivity index (χ1) is 13.2. The van der Waals surface area contributed by atoms with E-state index in [0.717, 1.165) is 12.1 Å². The predicted molar refractivity (Wildman–Crippen MR) is 97.7 cm³/mol. The molecule has 0 fully saturated rings. The third kappa shape index (κ3) is 4.95. The average molecular weight is 397 g/mol. The molecule has 0 radical (unpaired) electrons. The average Bonchev–Trinajstić information content (AvgIpc) is 2.69. The molecule has 0 bridgehead atoms. The smallest absolute Gasteiger partial charge is 0.416 e. The van der Waals surface area contributed by atoms with Crippen LogP contribution in [0.25, 0.3) is 0 Å². The van der Waals surface area contributed by atoms with Crippen LogP contribution in [0.4, 0.5) is 13.2 Å². The molecule has 5 nitrogen and oxygen atoms in total. The maximum Gasteiger partial charge on any atom is 0.416 e. The fourth-order valence-electron chi connectivity index (χ4n) is 2.79. The molecule has 0 heterocycles. The van der Waals surface area contributed by atoms with Crippen molar-refractivity contribution in [1.82, 2.24) is 4.90 Å². The van der Waals surface area contributed by atoms with Gasteiger partial charge in [-0.2, -0.15) is 13.2 Å². The van der Waals surface area contributed by atoms with Gasteiger partial charge in [-0.05, 0) is 29.8 Å². The Bertz CT molecular complexity index is 801. The van der Waals surface area contributed by atoms with Crippen molar-refractivity contribution in [1.29, 1.82) is 0 Å². The first-order valence-corrected chi connectivity index (χ1v) is 8.37. The molecule has 1 atom stereocenters. The number of ether oxygens (including phenoxy) is 3. The summed E-state index contributed by atoms with van der Waals surface area (Å²) in [5.74, 6) is 0.452. The Morgan fingerprint density at radius 3 is 2.14 bits per heavy atom. The number of likely N-dealkylation sites (N-methyl/N-ethyl adjacent to an activating group) is 1. The van der Waals surface area contributed by atoms with Gasteiger partial charge < -0.3 is 19.1 Å². The molecule has 1 amide bonds. The third-order valence-electron chi connectivity index (χ3n) is 4.31. The molecule has 0 N–H and O–H groups in total. The second kappa shape index (κ2) is 8.97. The van der Waals surface area contributed by atoms with Crippen LogP contribution in [0.2, 0.25) is 0 Å². The molecule has 8 heteroatoms. The van der Waals surface area contributed by atoms with Gasteiger partial charge in [-0.3, -0.25) is 4.79 Å². The number of rotatable bonds is 7. The van der Waals surface area contributed by atoms with E-state index in [4.69, 9.17) is 14.2 Å². The molecular weight excluding hydrogens is 375 g/mol. The molecule has 1 unspecified atom stereocenters. The zero-order chi connectivity index (χ0) is 20.9.